The molecule has 0 atom stereocenters. The van der Waals surface area contributed by atoms with Gasteiger partial charge in [-0.25, -0.2) is 19.9 Å². The molecule has 1 aliphatic heterocycles. The van der Waals surface area contributed by atoms with Gasteiger partial charge in [0.05, 0.1) is 7.11 Å². The monoisotopic (exact) mass is 340 g/mol. The van der Waals surface area contributed by atoms with Crippen molar-refractivity contribution in [3.05, 3.63) is 11.6 Å². The summed E-state index contributed by atoms with van der Waals surface area (Å²) in [7, 11) is 1.22. The predicted molar refractivity (Wildman–Crippen MR) is 90.7 cm³/mol. The molecular formula is C15H24N4O3S. The summed E-state index contributed by atoms with van der Waals surface area (Å²) in [5, 5.41) is 9.00. The molecule has 2 rings (SSSR count). The van der Waals surface area contributed by atoms with Crippen molar-refractivity contribution in [2.24, 2.45) is 0 Å². The van der Waals surface area contributed by atoms with Gasteiger partial charge in [-0.1, -0.05) is 11.6 Å². The molecule has 128 valence electrons. The van der Waals surface area contributed by atoms with Crippen LogP contribution in [0.15, 0.2) is 11.6 Å². The maximum atomic E-state index is 12.0. The first kappa shape index (κ1) is 17.5. The van der Waals surface area contributed by atoms with E-state index < -0.39 is 12.1 Å². The Balaban J connectivity index is 1.79. The summed E-state index contributed by atoms with van der Waals surface area (Å²) in [6.07, 6.45) is 8.23. The number of hydrogen-bond acceptors (Lipinski definition) is 4. The molecule has 3 amide bonds. The molecule has 1 aliphatic carbocycles. The maximum absolute atomic E-state index is 12.0. The molecule has 23 heavy (non-hydrogen) atoms. The van der Waals surface area contributed by atoms with E-state index in [-0.39, 0.29) is 0 Å². The second kappa shape index (κ2) is 8.71. The number of imide groups is 1. The Morgan fingerprint density at radius 1 is 1.26 bits per heavy atom. The van der Waals surface area contributed by atoms with Gasteiger partial charge in [-0.05, 0) is 50.7 Å². The summed E-state index contributed by atoms with van der Waals surface area (Å²) >= 11 is 5.38. The third kappa shape index (κ3) is 5.09. The van der Waals surface area contributed by atoms with E-state index in [1.54, 1.807) is 5.01 Å². The number of thiocarbonyl (C=S) groups is 1. The zero-order chi connectivity index (χ0) is 16.7. The smallest absolute Gasteiger partial charge is 0.415 e. The average molecular weight is 340 g/mol. The summed E-state index contributed by atoms with van der Waals surface area (Å²) in [5.74, 6) is 0. The van der Waals surface area contributed by atoms with Gasteiger partial charge in [-0.2, -0.15) is 0 Å². The molecule has 0 unspecified atom stereocenters. The van der Waals surface area contributed by atoms with E-state index in [9.17, 15) is 9.59 Å². The highest BCUT2D eigenvalue weighted by Gasteiger charge is 2.29. The molecule has 2 aliphatic rings. The van der Waals surface area contributed by atoms with E-state index in [0.29, 0.717) is 18.2 Å². The Bertz CT molecular complexity index is 495. The molecule has 0 radical (unpaired) electrons. The minimum absolute atomic E-state index is 0.513. The van der Waals surface area contributed by atoms with Crippen molar-refractivity contribution in [2.75, 3.05) is 26.7 Å². The van der Waals surface area contributed by atoms with E-state index in [2.05, 4.69) is 21.4 Å². The highest BCUT2D eigenvalue weighted by molar-refractivity contribution is 7.80. The molecule has 8 heteroatoms. The minimum Gasteiger partial charge on any atom is -0.453 e. The lowest BCUT2D eigenvalue weighted by Gasteiger charge is -2.29. The van der Waals surface area contributed by atoms with Crippen molar-refractivity contribution in [3.63, 3.8) is 0 Å². The van der Waals surface area contributed by atoms with Gasteiger partial charge in [0.15, 0.2) is 5.11 Å². The second-order valence-electron chi connectivity index (χ2n) is 5.61. The van der Waals surface area contributed by atoms with Crippen LogP contribution in [0, 0.1) is 0 Å². The van der Waals surface area contributed by atoms with E-state index in [1.807, 2.05) is 0 Å². The van der Waals surface area contributed by atoms with Crippen LogP contribution in [0.1, 0.15) is 38.5 Å². The third-order valence-electron chi connectivity index (χ3n) is 4.00. The van der Waals surface area contributed by atoms with Gasteiger partial charge < -0.3 is 10.1 Å². The molecule has 0 saturated carbocycles. The van der Waals surface area contributed by atoms with Crippen LogP contribution < -0.4 is 10.6 Å². The van der Waals surface area contributed by atoms with Crippen LogP contribution in [0.3, 0.4) is 0 Å². The molecule has 0 aromatic carbocycles. The number of allylic oxidation sites excluding steroid dienone is 1. The first-order chi connectivity index (χ1) is 11.1. The number of amides is 3. The molecule has 0 aromatic heterocycles. The molecule has 0 bridgehead atoms. The largest absolute Gasteiger partial charge is 0.453 e. The lowest BCUT2D eigenvalue weighted by molar-refractivity contribution is 0.118. The van der Waals surface area contributed by atoms with Crippen molar-refractivity contribution >= 4 is 29.5 Å². The van der Waals surface area contributed by atoms with E-state index in [1.165, 1.54) is 43.4 Å². The summed E-state index contributed by atoms with van der Waals surface area (Å²) < 4.78 is 4.44. The predicted octanol–water partition coefficient (Wildman–Crippen LogP) is 2.15. The molecule has 7 nitrogen and oxygen atoms in total. The number of nitrogens with zero attached hydrogens (tertiary/aromatic N) is 2. The van der Waals surface area contributed by atoms with Crippen LogP contribution in [-0.2, 0) is 4.74 Å². The van der Waals surface area contributed by atoms with Gasteiger partial charge >= 0.3 is 12.1 Å². The van der Waals surface area contributed by atoms with Gasteiger partial charge in [0.1, 0.15) is 0 Å². The Hall–Kier alpha value is -1.83. The molecule has 1 fully saturated rings. The lowest BCUT2D eigenvalue weighted by atomic mass is 9.97. The van der Waals surface area contributed by atoms with Crippen LogP contribution in [0.4, 0.5) is 9.59 Å². The Morgan fingerprint density at radius 2 is 2.04 bits per heavy atom. The van der Waals surface area contributed by atoms with E-state index in [4.69, 9.17) is 12.2 Å². The van der Waals surface area contributed by atoms with Crippen molar-refractivity contribution in [3.8, 4) is 0 Å². The number of carbonyl (C=O) groups excluding carboxylic acids is 2. The van der Waals surface area contributed by atoms with Crippen LogP contribution in [-0.4, -0.2) is 54.0 Å². The second-order valence-corrected chi connectivity index (χ2v) is 6.00. The van der Waals surface area contributed by atoms with Gasteiger partial charge in [0.2, 0.25) is 0 Å². The lowest BCUT2D eigenvalue weighted by Crippen LogP contribution is -2.53. The highest BCUT2D eigenvalue weighted by Crippen LogP contribution is 2.19. The van der Waals surface area contributed by atoms with Crippen LogP contribution >= 0.6 is 12.2 Å². The zero-order valence-electron chi connectivity index (χ0n) is 13.5. The number of hydrazine groups is 1. The third-order valence-corrected chi connectivity index (χ3v) is 4.36. The number of urea groups is 1. The summed E-state index contributed by atoms with van der Waals surface area (Å²) in [6.45, 7) is 1.94. The molecule has 1 heterocycles. The number of methoxy groups -OCH3 is 1. The van der Waals surface area contributed by atoms with Gasteiger partial charge in [-0.3, -0.25) is 5.01 Å². The SMILES string of the molecule is COC(=O)NC(=O)N1CCCN1C(=S)NCCC1=CCCCC1. The van der Waals surface area contributed by atoms with Gasteiger partial charge in [-0.15, -0.1) is 0 Å². The van der Waals surface area contributed by atoms with Crippen molar-refractivity contribution in [2.45, 2.75) is 38.5 Å². The average Bonchev–Trinajstić information content (AvgIpc) is 3.05. The summed E-state index contributed by atoms with van der Waals surface area (Å²) in [6, 6.07) is -0.520. The fourth-order valence-electron chi connectivity index (χ4n) is 2.79. The zero-order valence-corrected chi connectivity index (χ0v) is 14.3. The minimum atomic E-state index is -0.773. The maximum Gasteiger partial charge on any atom is 0.415 e. The Morgan fingerprint density at radius 3 is 2.74 bits per heavy atom. The van der Waals surface area contributed by atoms with Crippen LogP contribution in [0.25, 0.3) is 0 Å². The van der Waals surface area contributed by atoms with Crippen LogP contribution in [0.2, 0.25) is 0 Å². The number of nitrogens with one attached hydrogen (secondary N) is 2. The number of rotatable bonds is 3. The van der Waals surface area contributed by atoms with E-state index >= 15 is 0 Å². The van der Waals surface area contributed by atoms with Gasteiger partial charge in [0, 0.05) is 19.6 Å². The highest BCUT2D eigenvalue weighted by atomic mass is 32.1. The van der Waals surface area contributed by atoms with Crippen molar-refractivity contribution in [1.29, 1.82) is 0 Å². The first-order valence-electron chi connectivity index (χ1n) is 8.01. The normalized spacial score (nSPS) is 17.5. The number of hydrogen-bond donors (Lipinski definition) is 2. The van der Waals surface area contributed by atoms with Gasteiger partial charge in [0.25, 0.3) is 0 Å². The Kier molecular flexibility index (Phi) is 6.64. The van der Waals surface area contributed by atoms with Crippen molar-refractivity contribution in [1.82, 2.24) is 20.7 Å². The quantitative estimate of drug-likeness (QED) is 0.606. The molecule has 1 saturated heterocycles. The topological polar surface area (TPSA) is 73.9 Å². The number of alkyl carbamates (subject to hydrolysis) is 1. The first-order valence-corrected chi connectivity index (χ1v) is 8.42. The standard InChI is InChI=1S/C15H24N4O3S/c1-22-15(21)17-13(20)18-10-5-11-19(18)14(23)16-9-8-12-6-3-2-4-7-12/h6H,2-5,7-11H2,1H3,(H,16,23)(H,17,20,21). The summed E-state index contributed by atoms with van der Waals surface area (Å²) in [5.41, 5.74) is 1.48. The number of ether oxygens (including phenoxy) is 1. The van der Waals surface area contributed by atoms with Crippen LogP contribution in [0.5, 0.6) is 0 Å². The molecule has 0 aromatic rings. The fourth-order valence-corrected chi connectivity index (χ4v) is 3.08. The fraction of sp³-hybridized carbons (Fsp3) is 0.667. The molecule has 0 spiro atoms. The molecular weight excluding hydrogens is 316 g/mol. The Labute approximate surface area is 142 Å². The van der Waals surface area contributed by atoms with E-state index in [0.717, 1.165) is 19.4 Å². The molecule has 2 N–H and O–H groups in total. The summed E-state index contributed by atoms with van der Waals surface area (Å²) in [4.78, 5) is 23.2. The number of carbonyl (C=O) groups is 2. The van der Waals surface area contributed by atoms with Crippen molar-refractivity contribution < 1.29 is 14.3 Å².